The molecule has 1 aromatic carbocycles. The molecule has 2 aliphatic heterocycles. The number of amides is 3. The molecular weight excluding hydrogens is 416 g/mol. The van der Waals surface area contributed by atoms with Gasteiger partial charge in [-0.25, -0.2) is 33.2 Å². The maximum atomic E-state index is 14.8. The third-order valence-corrected chi connectivity index (χ3v) is 4.72. The molecule has 2 aliphatic rings. The first-order valence-electron chi connectivity index (χ1n) is 9.32. The Labute approximate surface area is 174 Å². The van der Waals surface area contributed by atoms with Crippen LogP contribution >= 0.6 is 0 Å². The second-order valence-corrected chi connectivity index (χ2v) is 6.88. The number of carbonyl (C=O) groups excluding carboxylic acids is 3. The lowest BCUT2D eigenvalue weighted by Gasteiger charge is -2.15. The van der Waals surface area contributed by atoms with E-state index in [1.54, 1.807) is 0 Å². The minimum Gasteiger partial charge on any atom is -0.447 e. The fourth-order valence-corrected chi connectivity index (χ4v) is 3.25. The normalized spacial score (nSPS) is 18.2. The molecule has 2 fully saturated rings. The van der Waals surface area contributed by atoms with Crippen LogP contribution in [0.15, 0.2) is 24.5 Å². The molecule has 0 spiro atoms. The molecule has 0 radical (unpaired) electrons. The molecule has 1 atom stereocenters. The number of carbonyl (C=O) groups is 3. The molecule has 2 aromatic rings. The number of aromatic nitrogens is 2. The van der Waals surface area contributed by atoms with Crippen molar-refractivity contribution in [3.8, 4) is 11.1 Å². The van der Waals surface area contributed by atoms with Gasteiger partial charge in [0.2, 0.25) is 11.9 Å². The quantitative estimate of drug-likeness (QED) is 0.765. The summed E-state index contributed by atoms with van der Waals surface area (Å²) >= 11 is 0. The van der Waals surface area contributed by atoms with Crippen molar-refractivity contribution < 1.29 is 32.6 Å². The van der Waals surface area contributed by atoms with Crippen LogP contribution in [0.1, 0.15) is 6.92 Å². The Balaban J connectivity index is 1.54. The van der Waals surface area contributed by atoms with Gasteiger partial charge in [0, 0.05) is 24.9 Å². The first-order valence-corrected chi connectivity index (χ1v) is 9.32. The molecule has 1 N–H and O–H groups in total. The number of rotatable bonds is 5. The van der Waals surface area contributed by atoms with E-state index in [-0.39, 0.29) is 54.9 Å². The number of nitrogens with one attached hydrogen (secondary N) is 1. The maximum absolute atomic E-state index is 14.8. The lowest BCUT2D eigenvalue weighted by molar-refractivity contribution is -0.119. The summed E-state index contributed by atoms with van der Waals surface area (Å²) in [6, 6.07) is 2.01. The molecule has 3 heterocycles. The number of cyclic esters (lactones) is 2. The summed E-state index contributed by atoms with van der Waals surface area (Å²) in [7, 11) is 0. The Hall–Kier alpha value is -3.83. The van der Waals surface area contributed by atoms with Gasteiger partial charge in [0.25, 0.3) is 0 Å². The number of benzene rings is 1. The Morgan fingerprint density at radius 3 is 2.42 bits per heavy atom. The van der Waals surface area contributed by atoms with Crippen molar-refractivity contribution in [1.29, 1.82) is 0 Å². The molecule has 0 aliphatic carbocycles. The van der Waals surface area contributed by atoms with Crippen LogP contribution in [0.3, 0.4) is 0 Å². The van der Waals surface area contributed by atoms with Crippen molar-refractivity contribution in [1.82, 2.24) is 15.3 Å². The third-order valence-electron chi connectivity index (χ3n) is 4.72. The van der Waals surface area contributed by atoms with Gasteiger partial charge in [-0.05, 0) is 12.1 Å². The average molecular weight is 433 g/mol. The average Bonchev–Trinajstić information content (AvgIpc) is 3.31. The maximum Gasteiger partial charge on any atom is 0.416 e. The van der Waals surface area contributed by atoms with Crippen LogP contribution in [0.25, 0.3) is 11.1 Å². The molecule has 10 nitrogen and oxygen atoms in total. The number of nitrogens with zero attached hydrogens (tertiary/aromatic N) is 4. The van der Waals surface area contributed by atoms with Crippen molar-refractivity contribution in [3.05, 3.63) is 36.2 Å². The van der Waals surface area contributed by atoms with Gasteiger partial charge in [-0.1, -0.05) is 0 Å². The summed E-state index contributed by atoms with van der Waals surface area (Å²) in [5.41, 5.74) is -0.335. The Kier molecular flexibility index (Phi) is 5.36. The summed E-state index contributed by atoms with van der Waals surface area (Å²) in [5, 5.41) is 2.52. The van der Waals surface area contributed by atoms with Crippen LogP contribution in [-0.2, 0) is 14.3 Å². The van der Waals surface area contributed by atoms with Crippen molar-refractivity contribution in [2.75, 3.05) is 36.0 Å². The molecule has 2 saturated heterocycles. The predicted octanol–water partition coefficient (Wildman–Crippen LogP) is 1.84. The van der Waals surface area contributed by atoms with E-state index in [0.717, 1.165) is 17.0 Å². The van der Waals surface area contributed by atoms with Gasteiger partial charge >= 0.3 is 12.2 Å². The molecule has 0 unspecified atom stereocenters. The van der Waals surface area contributed by atoms with Crippen molar-refractivity contribution in [2.24, 2.45) is 0 Å². The molecule has 0 bridgehead atoms. The zero-order chi connectivity index (χ0) is 22.1. The van der Waals surface area contributed by atoms with Crippen LogP contribution in [0.4, 0.5) is 30.0 Å². The van der Waals surface area contributed by atoms with E-state index in [4.69, 9.17) is 9.47 Å². The third kappa shape index (κ3) is 4.09. The van der Waals surface area contributed by atoms with Crippen molar-refractivity contribution >= 4 is 29.7 Å². The van der Waals surface area contributed by atoms with Gasteiger partial charge in [0.1, 0.15) is 24.3 Å². The SMILES string of the molecule is CC(=O)NC[C@H]1CN(c2cc(F)c(-c3cnc(N4CCOC4=O)nc3)c(F)c2)C(=O)O1. The van der Waals surface area contributed by atoms with E-state index in [0.29, 0.717) is 0 Å². The number of anilines is 2. The Morgan fingerprint density at radius 2 is 1.84 bits per heavy atom. The molecule has 162 valence electrons. The summed E-state index contributed by atoms with van der Waals surface area (Å²) in [6.07, 6.45) is 0.391. The second-order valence-electron chi connectivity index (χ2n) is 6.88. The van der Waals surface area contributed by atoms with Crippen molar-refractivity contribution in [3.63, 3.8) is 0 Å². The zero-order valence-electron chi connectivity index (χ0n) is 16.3. The summed E-state index contributed by atoms with van der Waals surface area (Å²) in [4.78, 5) is 44.9. The van der Waals surface area contributed by atoms with Gasteiger partial charge in [-0.3, -0.25) is 9.69 Å². The second kappa shape index (κ2) is 8.13. The zero-order valence-corrected chi connectivity index (χ0v) is 16.3. The summed E-state index contributed by atoms with van der Waals surface area (Å²) in [6.45, 7) is 1.94. The van der Waals surface area contributed by atoms with E-state index < -0.39 is 29.9 Å². The van der Waals surface area contributed by atoms with Crippen LogP contribution in [-0.4, -0.2) is 60.4 Å². The van der Waals surface area contributed by atoms with Crippen LogP contribution in [0.5, 0.6) is 0 Å². The fraction of sp³-hybridized carbons (Fsp3) is 0.316. The summed E-state index contributed by atoms with van der Waals surface area (Å²) in [5.74, 6) is -2.07. The molecule has 1 aromatic heterocycles. The lowest BCUT2D eigenvalue weighted by atomic mass is 10.1. The highest BCUT2D eigenvalue weighted by molar-refractivity contribution is 5.90. The number of ether oxygens (including phenoxy) is 2. The minimum atomic E-state index is -0.926. The van der Waals surface area contributed by atoms with Crippen LogP contribution in [0.2, 0.25) is 0 Å². The molecule has 12 heteroatoms. The number of hydrogen-bond donors (Lipinski definition) is 1. The topological polar surface area (TPSA) is 114 Å². The monoisotopic (exact) mass is 433 g/mol. The van der Waals surface area contributed by atoms with Crippen LogP contribution < -0.4 is 15.1 Å². The highest BCUT2D eigenvalue weighted by atomic mass is 19.1. The molecule has 4 rings (SSSR count). The van der Waals surface area contributed by atoms with Gasteiger partial charge in [-0.15, -0.1) is 0 Å². The minimum absolute atomic E-state index is 0.0218. The molecule has 31 heavy (non-hydrogen) atoms. The summed E-state index contributed by atoms with van der Waals surface area (Å²) < 4.78 is 39.5. The molecular formula is C19H17F2N5O5. The van der Waals surface area contributed by atoms with Gasteiger partial charge in [-0.2, -0.15) is 0 Å². The standard InChI is InChI=1S/C19H17F2N5O5/c1-10(27)22-8-13-9-26(19(29)31-13)12-4-14(20)16(15(21)5-12)11-6-23-17(24-7-11)25-2-3-30-18(25)28/h4-7,13H,2-3,8-9H2,1H3,(H,22,27)/t13-/m0/s1. The first-order chi connectivity index (χ1) is 14.8. The smallest absolute Gasteiger partial charge is 0.416 e. The molecule has 0 saturated carbocycles. The largest absolute Gasteiger partial charge is 0.447 e. The Morgan fingerprint density at radius 1 is 1.16 bits per heavy atom. The van der Waals surface area contributed by atoms with Crippen LogP contribution in [0, 0.1) is 11.6 Å². The molecule has 3 amide bonds. The number of hydrogen-bond acceptors (Lipinski definition) is 7. The van der Waals surface area contributed by atoms with E-state index in [2.05, 4.69) is 15.3 Å². The highest BCUT2D eigenvalue weighted by Gasteiger charge is 2.33. The van der Waals surface area contributed by atoms with E-state index in [9.17, 15) is 23.2 Å². The van der Waals surface area contributed by atoms with Gasteiger partial charge in [0.15, 0.2) is 0 Å². The number of halogens is 2. The first kappa shape index (κ1) is 20.4. The van der Waals surface area contributed by atoms with Gasteiger partial charge < -0.3 is 14.8 Å². The van der Waals surface area contributed by atoms with Crippen molar-refractivity contribution in [2.45, 2.75) is 13.0 Å². The Bertz CT molecular complexity index is 1030. The lowest BCUT2D eigenvalue weighted by Crippen LogP contribution is -2.33. The van der Waals surface area contributed by atoms with Gasteiger partial charge in [0.05, 0.1) is 30.9 Å². The predicted molar refractivity (Wildman–Crippen MR) is 102 cm³/mol. The van der Waals surface area contributed by atoms with E-state index in [1.165, 1.54) is 24.2 Å². The fourth-order valence-electron chi connectivity index (χ4n) is 3.25. The van der Waals surface area contributed by atoms with E-state index >= 15 is 0 Å². The van der Waals surface area contributed by atoms with E-state index in [1.807, 2.05) is 0 Å². The highest BCUT2D eigenvalue weighted by Crippen LogP contribution is 2.32.